The highest BCUT2D eigenvalue weighted by molar-refractivity contribution is 5.95. The van der Waals surface area contributed by atoms with Crippen LogP contribution in [0, 0.1) is 5.82 Å². The normalized spacial score (nSPS) is 16.6. The van der Waals surface area contributed by atoms with Gasteiger partial charge in [0.25, 0.3) is 0 Å². The smallest absolute Gasteiger partial charge is 0.241 e. The van der Waals surface area contributed by atoms with Crippen LogP contribution >= 0.6 is 12.4 Å². The summed E-state index contributed by atoms with van der Waals surface area (Å²) in [7, 11) is 0. The second kappa shape index (κ2) is 9.39. The number of carbonyl (C=O) groups excluding carboxylic acids is 1. The Morgan fingerprint density at radius 2 is 2.00 bits per heavy atom. The first kappa shape index (κ1) is 19.2. The third-order valence-electron chi connectivity index (χ3n) is 4.05. The lowest BCUT2D eigenvalue weighted by Gasteiger charge is -2.22. The number of carbonyl (C=O) groups is 1. The highest BCUT2D eigenvalue weighted by Crippen LogP contribution is 2.19. The molecule has 4 nitrogen and oxygen atoms in total. The Morgan fingerprint density at radius 1 is 1.20 bits per heavy atom. The molecule has 2 aromatic rings. The molecule has 2 aromatic carbocycles. The molecule has 6 heteroatoms. The second-order valence-corrected chi connectivity index (χ2v) is 5.93. The van der Waals surface area contributed by atoms with Gasteiger partial charge in [-0.05, 0) is 49.2 Å². The summed E-state index contributed by atoms with van der Waals surface area (Å²) in [5.41, 5.74) is 1.60. The number of ether oxygens (including phenoxy) is 1. The number of rotatable bonds is 5. The van der Waals surface area contributed by atoms with Gasteiger partial charge in [0.15, 0.2) is 0 Å². The van der Waals surface area contributed by atoms with Crippen molar-refractivity contribution in [2.75, 3.05) is 11.9 Å². The first-order valence-electron chi connectivity index (χ1n) is 8.22. The van der Waals surface area contributed by atoms with Crippen LogP contribution in [0.4, 0.5) is 10.1 Å². The van der Waals surface area contributed by atoms with E-state index in [0.717, 1.165) is 31.4 Å². The molecule has 1 aliphatic rings. The van der Waals surface area contributed by atoms with Crippen LogP contribution < -0.4 is 15.4 Å². The van der Waals surface area contributed by atoms with Crippen LogP contribution in [0.3, 0.4) is 0 Å². The Balaban J connectivity index is 0.00000225. The molecule has 0 bridgehead atoms. The zero-order chi connectivity index (χ0) is 16.8. The lowest BCUT2D eigenvalue weighted by Crippen LogP contribution is -2.43. The number of piperidine rings is 1. The van der Waals surface area contributed by atoms with Crippen molar-refractivity contribution in [1.82, 2.24) is 5.32 Å². The van der Waals surface area contributed by atoms with Crippen LogP contribution in [0.15, 0.2) is 48.5 Å². The van der Waals surface area contributed by atoms with Gasteiger partial charge in [-0.3, -0.25) is 4.79 Å². The molecule has 1 saturated heterocycles. The van der Waals surface area contributed by atoms with Crippen molar-refractivity contribution in [1.29, 1.82) is 0 Å². The fourth-order valence-corrected chi connectivity index (χ4v) is 2.72. The SMILES string of the molecule is Cl.O=C(Nc1cccc(OCc2ccc(F)cc2)c1)C1CCCCN1. The number of nitrogens with one attached hydrogen (secondary N) is 2. The van der Waals surface area contributed by atoms with Crippen LogP contribution in [0.5, 0.6) is 5.75 Å². The Morgan fingerprint density at radius 3 is 2.72 bits per heavy atom. The monoisotopic (exact) mass is 364 g/mol. The van der Waals surface area contributed by atoms with E-state index in [9.17, 15) is 9.18 Å². The van der Waals surface area contributed by atoms with Gasteiger partial charge in [-0.15, -0.1) is 12.4 Å². The molecule has 0 radical (unpaired) electrons. The van der Waals surface area contributed by atoms with Crippen LogP contribution in [-0.4, -0.2) is 18.5 Å². The quantitative estimate of drug-likeness (QED) is 0.845. The zero-order valence-electron chi connectivity index (χ0n) is 13.8. The van der Waals surface area contributed by atoms with Gasteiger partial charge in [0, 0.05) is 11.8 Å². The molecule has 0 aliphatic carbocycles. The molecule has 134 valence electrons. The molecular formula is C19H22ClFN2O2. The largest absolute Gasteiger partial charge is 0.489 e. The van der Waals surface area contributed by atoms with Crippen LogP contribution in [0.25, 0.3) is 0 Å². The number of hydrogen-bond acceptors (Lipinski definition) is 3. The molecule has 1 amide bonds. The van der Waals surface area contributed by atoms with Gasteiger partial charge in [0.2, 0.25) is 5.91 Å². The van der Waals surface area contributed by atoms with Crippen molar-refractivity contribution in [2.45, 2.75) is 31.9 Å². The minimum atomic E-state index is -0.264. The van der Waals surface area contributed by atoms with E-state index in [4.69, 9.17) is 4.74 Å². The molecule has 3 rings (SSSR count). The predicted molar refractivity (Wildman–Crippen MR) is 98.7 cm³/mol. The van der Waals surface area contributed by atoms with Crippen LogP contribution in [0.2, 0.25) is 0 Å². The average molecular weight is 365 g/mol. The van der Waals surface area contributed by atoms with Crippen molar-refractivity contribution >= 4 is 24.0 Å². The molecule has 2 N–H and O–H groups in total. The lowest BCUT2D eigenvalue weighted by molar-refractivity contribution is -0.118. The number of anilines is 1. The molecule has 25 heavy (non-hydrogen) atoms. The lowest BCUT2D eigenvalue weighted by atomic mass is 10.0. The van der Waals surface area contributed by atoms with Crippen molar-refractivity contribution < 1.29 is 13.9 Å². The van der Waals surface area contributed by atoms with Crippen LogP contribution in [0.1, 0.15) is 24.8 Å². The maximum atomic E-state index is 12.9. The van der Waals surface area contributed by atoms with Gasteiger partial charge in [-0.2, -0.15) is 0 Å². The fourth-order valence-electron chi connectivity index (χ4n) is 2.72. The van der Waals surface area contributed by atoms with Crippen molar-refractivity contribution in [3.63, 3.8) is 0 Å². The van der Waals surface area contributed by atoms with Crippen LogP contribution in [-0.2, 0) is 11.4 Å². The van der Waals surface area contributed by atoms with Crippen molar-refractivity contribution in [2.24, 2.45) is 0 Å². The van der Waals surface area contributed by atoms with Gasteiger partial charge in [-0.25, -0.2) is 4.39 Å². The van der Waals surface area contributed by atoms with E-state index in [1.54, 1.807) is 18.2 Å². The summed E-state index contributed by atoms with van der Waals surface area (Å²) in [4.78, 5) is 12.2. The zero-order valence-corrected chi connectivity index (χ0v) is 14.7. The third kappa shape index (κ3) is 5.73. The number of amides is 1. The molecule has 1 unspecified atom stereocenters. The molecule has 0 aromatic heterocycles. The van der Waals surface area contributed by atoms with E-state index < -0.39 is 0 Å². The minimum Gasteiger partial charge on any atom is -0.489 e. The molecular weight excluding hydrogens is 343 g/mol. The molecule has 0 spiro atoms. The van der Waals surface area contributed by atoms with E-state index >= 15 is 0 Å². The van der Waals surface area contributed by atoms with E-state index in [-0.39, 0.29) is 30.2 Å². The van der Waals surface area contributed by atoms with E-state index in [1.807, 2.05) is 18.2 Å². The predicted octanol–water partition coefficient (Wildman–Crippen LogP) is 3.91. The maximum absolute atomic E-state index is 12.9. The van der Waals surface area contributed by atoms with Gasteiger partial charge >= 0.3 is 0 Å². The first-order chi connectivity index (χ1) is 11.7. The Bertz CT molecular complexity index is 688. The third-order valence-corrected chi connectivity index (χ3v) is 4.05. The highest BCUT2D eigenvalue weighted by atomic mass is 35.5. The summed E-state index contributed by atoms with van der Waals surface area (Å²) < 4.78 is 18.6. The summed E-state index contributed by atoms with van der Waals surface area (Å²) in [5.74, 6) is 0.388. The molecule has 1 aliphatic heterocycles. The fraction of sp³-hybridized carbons (Fsp3) is 0.316. The van der Waals surface area contributed by atoms with E-state index in [0.29, 0.717) is 18.0 Å². The Hall–Kier alpha value is -2.11. The molecule has 1 heterocycles. The molecule has 0 saturated carbocycles. The van der Waals surface area contributed by atoms with Gasteiger partial charge in [0.05, 0.1) is 6.04 Å². The number of halogens is 2. The van der Waals surface area contributed by atoms with Crippen molar-refractivity contribution in [3.8, 4) is 5.75 Å². The van der Waals surface area contributed by atoms with Crippen molar-refractivity contribution in [3.05, 3.63) is 59.9 Å². The van der Waals surface area contributed by atoms with Gasteiger partial charge in [0.1, 0.15) is 18.2 Å². The summed E-state index contributed by atoms with van der Waals surface area (Å²) in [6.45, 7) is 1.24. The standard InChI is InChI=1S/C19H21FN2O2.ClH/c20-15-9-7-14(8-10-15)13-24-17-5-3-4-16(12-17)22-19(23)18-6-1-2-11-21-18;/h3-5,7-10,12,18,21H,1-2,6,11,13H2,(H,22,23);1H. The molecule has 1 fully saturated rings. The summed E-state index contributed by atoms with van der Waals surface area (Å²) in [6, 6.07) is 13.4. The van der Waals surface area contributed by atoms with E-state index in [1.165, 1.54) is 12.1 Å². The number of benzene rings is 2. The molecule has 1 atom stereocenters. The second-order valence-electron chi connectivity index (χ2n) is 5.93. The Kier molecular flexibility index (Phi) is 7.22. The first-order valence-corrected chi connectivity index (χ1v) is 8.22. The summed E-state index contributed by atoms with van der Waals surface area (Å²) >= 11 is 0. The maximum Gasteiger partial charge on any atom is 0.241 e. The van der Waals surface area contributed by atoms with E-state index in [2.05, 4.69) is 10.6 Å². The van der Waals surface area contributed by atoms with Gasteiger partial charge in [-0.1, -0.05) is 24.6 Å². The topological polar surface area (TPSA) is 50.4 Å². The average Bonchev–Trinajstić information content (AvgIpc) is 2.62. The Labute approximate surface area is 153 Å². The highest BCUT2D eigenvalue weighted by Gasteiger charge is 2.20. The minimum absolute atomic E-state index is 0. The van der Waals surface area contributed by atoms with Gasteiger partial charge < -0.3 is 15.4 Å². The number of hydrogen-bond donors (Lipinski definition) is 2. The summed E-state index contributed by atoms with van der Waals surface area (Å²) in [5, 5.41) is 6.16. The summed E-state index contributed by atoms with van der Waals surface area (Å²) in [6.07, 6.45) is 3.06.